The molecule has 0 unspecified atom stereocenters. The summed E-state index contributed by atoms with van der Waals surface area (Å²) in [5.74, 6) is -0.241. The van der Waals surface area contributed by atoms with Crippen molar-refractivity contribution in [2.45, 2.75) is 12.5 Å². The van der Waals surface area contributed by atoms with E-state index in [2.05, 4.69) is 15.9 Å². The van der Waals surface area contributed by atoms with Gasteiger partial charge in [0.25, 0.3) is 0 Å². The Labute approximate surface area is 188 Å². The molecule has 1 atom stereocenters. The second-order valence-corrected chi connectivity index (χ2v) is 7.90. The van der Waals surface area contributed by atoms with E-state index in [-0.39, 0.29) is 17.2 Å². The first-order valence-electron chi connectivity index (χ1n) is 9.53. The highest BCUT2D eigenvalue weighted by atomic mass is 79.9. The Kier molecular flexibility index (Phi) is 5.86. The van der Waals surface area contributed by atoms with Gasteiger partial charge < -0.3 is 25.1 Å². The van der Waals surface area contributed by atoms with Gasteiger partial charge in [-0.25, -0.2) is 4.79 Å². The standard InChI is InChI=1S/C24H20BrNO5/c1-29-24(28)22-21(18-11-10-16(27)12-20(18)31-23(22)26)17-4-2-3-5-19(17)30-13-14-6-8-15(25)9-7-14/h2-12,21,27H,13,26H2,1H3/t21-/m0/s1. The molecule has 0 aliphatic carbocycles. The molecule has 0 radical (unpaired) electrons. The van der Waals surface area contributed by atoms with Crippen LogP contribution in [0.5, 0.6) is 17.2 Å². The second kappa shape index (κ2) is 8.73. The lowest BCUT2D eigenvalue weighted by Gasteiger charge is -2.29. The third-order valence-corrected chi connectivity index (χ3v) is 5.55. The van der Waals surface area contributed by atoms with Crippen LogP contribution in [0.3, 0.4) is 0 Å². The van der Waals surface area contributed by atoms with Crippen molar-refractivity contribution < 1.29 is 24.1 Å². The van der Waals surface area contributed by atoms with Gasteiger partial charge in [0.15, 0.2) is 0 Å². The second-order valence-electron chi connectivity index (χ2n) is 6.98. The Balaban J connectivity index is 1.78. The van der Waals surface area contributed by atoms with Gasteiger partial charge >= 0.3 is 5.97 Å². The van der Waals surface area contributed by atoms with Crippen LogP contribution >= 0.6 is 15.9 Å². The third kappa shape index (κ3) is 4.22. The van der Waals surface area contributed by atoms with Crippen LogP contribution < -0.4 is 15.2 Å². The highest BCUT2D eigenvalue weighted by Gasteiger charge is 2.36. The van der Waals surface area contributed by atoms with Crippen molar-refractivity contribution in [3.8, 4) is 17.2 Å². The van der Waals surface area contributed by atoms with Gasteiger partial charge in [-0.15, -0.1) is 0 Å². The maximum Gasteiger partial charge on any atom is 0.340 e. The van der Waals surface area contributed by atoms with Gasteiger partial charge in [-0.3, -0.25) is 0 Å². The van der Waals surface area contributed by atoms with Gasteiger partial charge in [-0.05, 0) is 29.8 Å². The van der Waals surface area contributed by atoms with Crippen LogP contribution in [-0.4, -0.2) is 18.2 Å². The first-order chi connectivity index (χ1) is 15.0. The van der Waals surface area contributed by atoms with E-state index >= 15 is 0 Å². The molecule has 0 amide bonds. The number of fused-ring (bicyclic) bond motifs is 1. The van der Waals surface area contributed by atoms with E-state index in [4.69, 9.17) is 19.9 Å². The summed E-state index contributed by atoms with van der Waals surface area (Å²) in [6, 6.07) is 20.0. The zero-order chi connectivity index (χ0) is 22.0. The Morgan fingerprint density at radius 2 is 1.84 bits per heavy atom. The fraction of sp³-hybridized carbons (Fsp3) is 0.125. The van der Waals surface area contributed by atoms with E-state index in [1.54, 1.807) is 6.07 Å². The normalized spacial score (nSPS) is 15.1. The lowest BCUT2D eigenvalue weighted by Crippen LogP contribution is -2.27. The molecule has 0 spiro atoms. The highest BCUT2D eigenvalue weighted by molar-refractivity contribution is 9.10. The van der Waals surface area contributed by atoms with Crippen LogP contribution in [0.25, 0.3) is 0 Å². The smallest absolute Gasteiger partial charge is 0.340 e. The van der Waals surface area contributed by atoms with Crippen molar-refractivity contribution in [1.82, 2.24) is 0 Å². The third-order valence-electron chi connectivity index (χ3n) is 5.03. The van der Waals surface area contributed by atoms with Gasteiger partial charge in [-0.1, -0.05) is 52.3 Å². The van der Waals surface area contributed by atoms with Crippen molar-refractivity contribution in [2.24, 2.45) is 5.73 Å². The van der Waals surface area contributed by atoms with Crippen LogP contribution in [-0.2, 0) is 16.1 Å². The average molecular weight is 482 g/mol. The predicted molar refractivity (Wildman–Crippen MR) is 119 cm³/mol. The molecule has 0 saturated carbocycles. The molecule has 0 aromatic heterocycles. The molecule has 0 saturated heterocycles. The summed E-state index contributed by atoms with van der Waals surface area (Å²) in [5.41, 5.74) is 8.69. The summed E-state index contributed by atoms with van der Waals surface area (Å²) in [6.45, 7) is 0.350. The first kappa shape index (κ1) is 20.8. The fourth-order valence-electron chi connectivity index (χ4n) is 3.56. The number of halogens is 1. The molecule has 3 aromatic carbocycles. The molecular weight excluding hydrogens is 462 g/mol. The quantitative estimate of drug-likeness (QED) is 0.517. The van der Waals surface area contributed by atoms with Gasteiger partial charge in [0.2, 0.25) is 5.88 Å². The van der Waals surface area contributed by atoms with Crippen LogP contribution in [0.2, 0.25) is 0 Å². The number of rotatable bonds is 5. The largest absolute Gasteiger partial charge is 0.508 e. The van der Waals surface area contributed by atoms with Crippen LogP contribution in [0.15, 0.2) is 82.7 Å². The van der Waals surface area contributed by atoms with Crippen molar-refractivity contribution in [3.63, 3.8) is 0 Å². The number of phenolic OH excluding ortho intramolecular Hbond substituents is 1. The molecule has 1 aliphatic rings. The van der Waals surface area contributed by atoms with Crippen molar-refractivity contribution in [3.05, 3.63) is 99.3 Å². The number of aromatic hydroxyl groups is 1. The van der Waals surface area contributed by atoms with Crippen molar-refractivity contribution >= 4 is 21.9 Å². The average Bonchev–Trinajstić information content (AvgIpc) is 2.77. The van der Waals surface area contributed by atoms with Crippen molar-refractivity contribution in [1.29, 1.82) is 0 Å². The SMILES string of the molecule is COC(=O)C1=C(N)Oc2cc(O)ccc2[C@@H]1c1ccccc1OCc1ccc(Br)cc1. The number of phenols is 1. The molecule has 1 aliphatic heterocycles. The Hall–Kier alpha value is -3.45. The number of para-hydroxylation sites is 1. The van der Waals surface area contributed by atoms with Crippen LogP contribution in [0, 0.1) is 0 Å². The van der Waals surface area contributed by atoms with E-state index < -0.39 is 11.9 Å². The number of carbonyl (C=O) groups is 1. The lowest BCUT2D eigenvalue weighted by atomic mass is 9.82. The highest BCUT2D eigenvalue weighted by Crippen LogP contribution is 2.46. The Morgan fingerprint density at radius 3 is 2.58 bits per heavy atom. The summed E-state index contributed by atoms with van der Waals surface area (Å²) in [4.78, 5) is 12.6. The number of methoxy groups -OCH3 is 1. The molecular formula is C24H20BrNO5. The van der Waals surface area contributed by atoms with E-state index in [0.717, 1.165) is 15.6 Å². The molecule has 4 rings (SSSR count). The summed E-state index contributed by atoms with van der Waals surface area (Å²) in [5, 5.41) is 9.88. The summed E-state index contributed by atoms with van der Waals surface area (Å²) >= 11 is 3.43. The molecule has 0 fully saturated rings. The molecule has 3 aromatic rings. The fourth-order valence-corrected chi connectivity index (χ4v) is 3.83. The number of esters is 1. The zero-order valence-electron chi connectivity index (χ0n) is 16.7. The van der Waals surface area contributed by atoms with E-state index in [9.17, 15) is 9.90 Å². The lowest BCUT2D eigenvalue weighted by molar-refractivity contribution is -0.136. The van der Waals surface area contributed by atoms with Gasteiger partial charge in [-0.2, -0.15) is 0 Å². The summed E-state index contributed by atoms with van der Waals surface area (Å²) in [7, 11) is 1.29. The maximum atomic E-state index is 12.6. The van der Waals surface area contributed by atoms with Gasteiger partial charge in [0, 0.05) is 21.7 Å². The molecule has 31 heavy (non-hydrogen) atoms. The molecule has 7 heteroatoms. The molecule has 0 bridgehead atoms. The molecule has 158 valence electrons. The number of nitrogens with two attached hydrogens (primary N) is 1. The first-order valence-corrected chi connectivity index (χ1v) is 10.3. The molecule has 6 nitrogen and oxygen atoms in total. The minimum absolute atomic E-state index is 0.0339. The van der Waals surface area contributed by atoms with Crippen LogP contribution in [0.1, 0.15) is 22.6 Å². The maximum absolute atomic E-state index is 12.6. The van der Waals surface area contributed by atoms with Crippen LogP contribution in [0.4, 0.5) is 0 Å². The number of hydrogen-bond acceptors (Lipinski definition) is 6. The molecule has 1 heterocycles. The van der Waals surface area contributed by atoms with Gasteiger partial charge in [0.1, 0.15) is 29.4 Å². The monoisotopic (exact) mass is 481 g/mol. The molecule has 3 N–H and O–H groups in total. The minimum atomic E-state index is -0.594. The van der Waals surface area contributed by atoms with Crippen molar-refractivity contribution in [2.75, 3.05) is 7.11 Å². The number of hydrogen-bond donors (Lipinski definition) is 2. The Bertz CT molecular complexity index is 1160. The number of ether oxygens (including phenoxy) is 3. The number of benzene rings is 3. The zero-order valence-corrected chi connectivity index (χ0v) is 18.3. The van der Waals surface area contributed by atoms with Gasteiger partial charge in [0.05, 0.1) is 13.0 Å². The summed E-state index contributed by atoms with van der Waals surface area (Å²) in [6.07, 6.45) is 0. The van der Waals surface area contributed by atoms with E-state index in [0.29, 0.717) is 23.7 Å². The van der Waals surface area contributed by atoms with E-state index in [1.165, 1.54) is 19.2 Å². The number of carbonyl (C=O) groups excluding carboxylic acids is 1. The Morgan fingerprint density at radius 1 is 1.10 bits per heavy atom. The topological polar surface area (TPSA) is 91.0 Å². The minimum Gasteiger partial charge on any atom is -0.508 e. The summed E-state index contributed by atoms with van der Waals surface area (Å²) < 4.78 is 17.7. The predicted octanol–water partition coefficient (Wildman–Crippen LogP) is 4.60. The van der Waals surface area contributed by atoms with E-state index in [1.807, 2.05) is 48.5 Å².